The molecule has 1 aromatic carbocycles. The van der Waals surface area contributed by atoms with Crippen molar-refractivity contribution in [2.75, 3.05) is 0 Å². The molecule has 2 aromatic rings. The normalized spacial score (nSPS) is 12.4. The third-order valence-corrected chi connectivity index (χ3v) is 3.29. The van der Waals surface area contributed by atoms with Gasteiger partial charge in [0, 0.05) is 6.20 Å². The molecule has 2 rings (SSSR count). The van der Waals surface area contributed by atoms with Crippen LogP contribution in [0.5, 0.6) is 0 Å². The van der Waals surface area contributed by atoms with Crippen molar-refractivity contribution in [3.63, 3.8) is 0 Å². The van der Waals surface area contributed by atoms with Crippen LogP contribution in [0.25, 0.3) is 0 Å². The van der Waals surface area contributed by atoms with Gasteiger partial charge in [-0.3, -0.25) is 10.8 Å². The number of nitrogens with zero attached hydrogens (tertiary/aromatic N) is 1. The van der Waals surface area contributed by atoms with Crippen molar-refractivity contribution in [1.82, 2.24) is 10.4 Å². The van der Waals surface area contributed by atoms with Gasteiger partial charge in [-0.2, -0.15) is 0 Å². The van der Waals surface area contributed by atoms with Gasteiger partial charge < -0.3 is 0 Å². The Bertz CT molecular complexity index is 558. The predicted molar refractivity (Wildman–Crippen MR) is 74.6 cm³/mol. The zero-order valence-electron chi connectivity index (χ0n) is 9.82. The van der Waals surface area contributed by atoms with E-state index in [4.69, 9.17) is 29.0 Å². The van der Waals surface area contributed by atoms with Crippen LogP contribution in [0.2, 0.25) is 10.0 Å². The lowest BCUT2D eigenvalue weighted by Crippen LogP contribution is -2.30. The number of halogens is 2. The van der Waals surface area contributed by atoms with Crippen molar-refractivity contribution in [3.8, 4) is 0 Å². The summed E-state index contributed by atoms with van der Waals surface area (Å²) in [5.41, 5.74) is 5.57. The van der Waals surface area contributed by atoms with Gasteiger partial charge in [-0.25, -0.2) is 5.43 Å². The largest absolute Gasteiger partial charge is 0.271 e. The van der Waals surface area contributed by atoms with Gasteiger partial charge >= 0.3 is 0 Å². The number of hydrogen-bond donors (Lipinski definition) is 2. The van der Waals surface area contributed by atoms with E-state index >= 15 is 0 Å². The fourth-order valence-corrected chi connectivity index (χ4v) is 2.35. The molecule has 18 heavy (non-hydrogen) atoms. The lowest BCUT2D eigenvalue weighted by molar-refractivity contribution is 0.618. The van der Waals surface area contributed by atoms with Gasteiger partial charge in [0.05, 0.1) is 21.8 Å². The minimum absolute atomic E-state index is 0.254. The number of hydrogen-bond acceptors (Lipinski definition) is 3. The zero-order valence-corrected chi connectivity index (χ0v) is 11.3. The van der Waals surface area contributed by atoms with Crippen molar-refractivity contribution in [1.29, 1.82) is 0 Å². The van der Waals surface area contributed by atoms with Gasteiger partial charge in [0.1, 0.15) is 0 Å². The third-order valence-electron chi connectivity index (χ3n) is 2.78. The molecule has 1 aromatic heterocycles. The molecule has 0 aliphatic rings. The summed E-state index contributed by atoms with van der Waals surface area (Å²) in [7, 11) is 0. The highest BCUT2D eigenvalue weighted by Crippen LogP contribution is 2.29. The molecular weight excluding hydrogens is 269 g/mol. The molecule has 0 fully saturated rings. The maximum absolute atomic E-state index is 6.16. The maximum atomic E-state index is 6.16. The van der Waals surface area contributed by atoms with E-state index in [-0.39, 0.29) is 6.04 Å². The maximum Gasteiger partial charge on any atom is 0.0899 e. The number of nitrogens with one attached hydrogen (secondary N) is 1. The monoisotopic (exact) mass is 281 g/mol. The highest BCUT2D eigenvalue weighted by atomic mass is 35.5. The topological polar surface area (TPSA) is 50.9 Å². The fraction of sp³-hybridized carbons (Fsp3) is 0.154. The highest BCUT2D eigenvalue weighted by molar-refractivity contribution is 6.34. The number of rotatable bonds is 3. The molecule has 1 unspecified atom stereocenters. The summed E-state index contributed by atoms with van der Waals surface area (Å²) < 4.78 is 0. The molecule has 1 heterocycles. The number of benzene rings is 1. The van der Waals surface area contributed by atoms with Gasteiger partial charge in [0.25, 0.3) is 0 Å². The molecule has 3 nitrogen and oxygen atoms in total. The van der Waals surface area contributed by atoms with Crippen molar-refractivity contribution < 1.29 is 0 Å². The summed E-state index contributed by atoms with van der Waals surface area (Å²) in [5.74, 6) is 5.63. The molecule has 0 saturated carbocycles. The van der Waals surface area contributed by atoms with E-state index in [2.05, 4.69) is 10.4 Å². The van der Waals surface area contributed by atoms with E-state index in [1.165, 1.54) is 0 Å². The van der Waals surface area contributed by atoms with Crippen molar-refractivity contribution in [3.05, 3.63) is 63.4 Å². The molecule has 0 spiro atoms. The lowest BCUT2D eigenvalue weighted by atomic mass is 9.99. The van der Waals surface area contributed by atoms with Gasteiger partial charge in [-0.15, -0.1) is 0 Å². The second-order valence-electron chi connectivity index (χ2n) is 3.98. The Morgan fingerprint density at radius 1 is 1.28 bits per heavy atom. The number of aryl methyl sites for hydroxylation is 1. The summed E-state index contributed by atoms with van der Waals surface area (Å²) in [5, 5.41) is 0.998. The number of aromatic nitrogens is 1. The smallest absolute Gasteiger partial charge is 0.0899 e. The van der Waals surface area contributed by atoms with Crippen LogP contribution in [0, 0.1) is 6.92 Å². The van der Waals surface area contributed by atoms with E-state index < -0.39 is 0 Å². The summed E-state index contributed by atoms with van der Waals surface area (Å²) in [6.45, 7) is 2.02. The Morgan fingerprint density at radius 3 is 2.61 bits per heavy atom. The molecule has 0 amide bonds. The van der Waals surface area contributed by atoms with Gasteiger partial charge in [-0.05, 0) is 24.1 Å². The van der Waals surface area contributed by atoms with Gasteiger partial charge in [0.15, 0.2) is 0 Å². The highest BCUT2D eigenvalue weighted by Gasteiger charge is 2.18. The molecule has 0 bridgehead atoms. The molecule has 1 atom stereocenters. The molecule has 0 aliphatic heterocycles. The summed E-state index contributed by atoms with van der Waals surface area (Å²) >= 11 is 12.0. The average molecular weight is 282 g/mol. The molecular formula is C13H13Cl2N3. The van der Waals surface area contributed by atoms with E-state index in [1.54, 1.807) is 12.3 Å². The molecule has 5 heteroatoms. The Morgan fingerprint density at radius 2 is 2.00 bits per heavy atom. The molecule has 0 radical (unpaired) electrons. The standard InChI is InChI=1S/C13H13Cl2N3/c1-8-4-2-3-5-10(8)12(18-16)13-11(15)6-9(14)7-17-13/h2-7,12,18H,16H2,1H3. The lowest BCUT2D eigenvalue weighted by Gasteiger charge is -2.19. The average Bonchev–Trinajstić information content (AvgIpc) is 2.34. The number of nitrogens with two attached hydrogens (primary N) is 1. The van der Waals surface area contributed by atoms with E-state index in [9.17, 15) is 0 Å². The zero-order chi connectivity index (χ0) is 13.1. The Labute approximate surface area is 116 Å². The molecule has 0 saturated heterocycles. The Balaban J connectivity index is 2.49. The molecule has 94 valence electrons. The first-order valence-corrected chi connectivity index (χ1v) is 6.21. The SMILES string of the molecule is Cc1ccccc1C(NN)c1ncc(Cl)cc1Cl. The van der Waals surface area contributed by atoms with Crippen LogP contribution in [-0.2, 0) is 0 Å². The second-order valence-corrected chi connectivity index (χ2v) is 4.82. The summed E-state index contributed by atoms with van der Waals surface area (Å²) in [6.07, 6.45) is 1.56. The van der Waals surface area contributed by atoms with Crippen LogP contribution in [0.3, 0.4) is 0 Å². The third kappa shape index (κ3) is 2.65. The second kappa shape index (κ2) is 5.67. The molecule has 3 N–H and O–H groups in total. The van der Waals surface area contributed by atoms with Crippen LogP contribution < -0.4 is 11.3 Å². The fourth-order valence-electron chi connectivity index (χ4n) is 1.86. The van der Waals surface area contributed by atoms with E-state index in [0.717, 1.165) is 11.1 Å². The van der Waals surface area contributed by atoms with Crippen molar-refractivity contribution in [2.24, 2.45) is 5.84 Å². The van der Waals surface area contributed by atoms with Crippen molar-refractivity contribution >= 4 is 23.2 Å². The van der Waals surface area contributed by atoms with Crippen molar-refractivity contribution in [2.45, 2.75) is 13.0 Å². The summed E-state index contributed by atoms with van der Waals surface area (Å²) in [6, 6.07) is 9.35. The van der Waals surface area contributed by atoms with Crippen LogP contribution in [-0.4, -0.2) is 4.98 Å². The van der Waals surface area contributed by atoms with Crippen LogP contribution in [0.1, 0.15) is 22.9 Å². The quantitative estimate of drug-likeness (QED) is 0.671. The van der Waals surface area contributed by atoms with Crippen LogP contribution >= 0.6 is 23.2 Å². The first-order valence-electron chi connectivity index (χ1n) is 5.46. The van der Waals surface area contributed by atoms with Crippen LogP contribution in [0.15, 0.2) is 36.5 Å². The number of pyridine rings is 1. The van der Waals surface area contributed by atoms with Gasteiger partial charge in [0.2, 0.25) is 0 Å². The van der Waals surface area contributed by atoms with E-state index in [1.807, 2.05) is 31.2 Å². The first-order chi connectivity index (χ1) is 8.63. The first kappa shape index (κ1) is 13.3. The number of hydrazine groups is 1. The van der Waals surface area contributed by atoms with Crippen LogP contribution in [0.4, 0.5) is 0 Å². The minimum atomic E-state index is -0.254. The van der Waals surface area contributed by atoms with E-state index in [0.29, 0.717) is 15.7 Å². The summed E-state index contributed by atoms with van der Waals surface area (Å²) in [4.78, 5) is 4.26. The Hall–Kier alpha value is -1.13. The van der Waals surface area contributed by atoms with Gasteiger partial charge in [-0.1, -0.05) is 47.5 Å². The molecule has 0 aliphatic carbocycles. The predicted octanol–water partition coefficient (Wildman–Crippen LogP) is 3.25. The Kier molecular flexibility index (Phi) is 4.19. The minimum Gasteiger partial charge on any atom is -0.271 e.